The fraction of sp³-hybridized carbons (Fsp3) is 0.208. The molecule has 8 heteroatoms. The molecule has 2 heterocycles. The van der Waals surface area contributed by atoms with E-state index in [4.69, 9.17) is 21.1 Å². The van der Waals surface area contributed by atoms with Crippen LogP contribution < -0.4 is 19.6 Å². The minimum Gasteiger partial charge on any atom is -0.496 e. The van der Waals surface area contributed by atoms with Crippen molar-refractivity contribution in [2.24, 2.45) is 4.99 Å². The SMILES string of the molecule is CCOC(=O)C1=C(C)N=c2s/c(=C/c3ccccc3Cl)c(=O)n2[C@H]1c1ccccc1OC. The van der Waals surface area contributed by atoms with E-state index in [0.717, 1.165) is 5.56 Å². The van der Waals surface area contributed by atoms with Gasteiger partial charge in [-0.3, -0.25) is 9.36 Å². The number of nitrogens with zero attached hydrogens (tertiary/aromatic N) is 2. The van der Waals surface area contributed by atoms with Gasteiger partial charge in [-0.2, -0.15) is 0 Å². The van der Waals surface area contributed by atoms with Gasteiger partial charge in [0.1, 0.15) is 11.8 Å². The summed E-state index contributed by atoms with van der Waals surface area (Å²) in [5.41, 5.74) is 1.96. The Labute approximate surface area is 193 Å². The van der Waals surface area contributed by atoms with Crippen molar-refractivity contribution < 1.29 is 14.3 Å². The molecule has 1 aromatic heterocycles. The predicted octanol–water partition coefficient (Wildman–Crippen LogP) is 3.46. The summed E-state index contributed by atoms with van der Waals surface area (Å²) in [7, 11) is 1.56. The third kappa shape index (κ3) is 3.89. The highest BCUT2D eigenvalue weighted by atomic mass is 35.5. The average molecular weight is 469 g/mol. The Hall–Kier alpha value is -3.16. The van der Waals surface area contributed by atoms with Crippen molar-refractivity contribution in [2.45, 2.75) is 19.9 Å². The Morgan fingerprint density at radius 3 is 2.66 bits per heavy atom. The van der Waals surface area contributed by atoms with Crippen molar-refractivity contribution in [1.29, 1.82) is 0 Å². The van der Waals surface area contributed by atoms with Crippen LogP contribution in [0.4, 0.5) is 0 Å². The molecule has 2 aromatic carbocycles. The fourth-order valence-electron chi connectivity index (χ4n) is 3.71. The number of benzene rings is 2. The lowest BCUT2D eigenvalue weighted by atomic mass is 9.95. The Kier molecular flexibility index (Phi) is 6.30. The van der Waals surface area contributed by atoms with Gasteiger partial charge in [0.05, 0.1) is 29.5 Å². The summed E-state index contributed by atoms with van der Waals surface area (Å²) in [5, 5.41) is 0.544. The molecule has 0 spiro atoms. The zero-order valence-electron chi connectivity index (χ0n) is 17.8. The predicted molar refractivity (Wildman–Crippen MR) is 125 cm³/mol. The normalized spacial score (nSPS) is 15.9. The maximum Gasteiger partial charge on any atom is 0.338 e. The number of allylic oxidation sites excluding steroid dienone is 1. The van der Waals surface area contributed by atoms with E-state index in [9.17, 15) is 9.59 Å². The number of halogens is 1. The monoisotopic (exact) mass is 468 g/mol. The van der Waals surface area contributed by atoms with Crippen molar-refractivity contribution >= 4 is 35.0 Å². The van der Waals surface area contributed by atoms with Gasteiger partial charge < -0.3 is 9.47 Å². The standard InChI is InChI=1S/C24H21ClN2O4S/c1-4-31-23(29)20-14(2)26-24-27(21(20)16-10-6-8-12-18(16)30-3)22(28)19(32-24)13-15-9-5-7-11-17(15)25/h5-13,21H,4H2,1-3H3/b19-13+/t21-/m0/s1. The van der Waals surface area contributed by atoms with Gasteiger partial charge in [0.2, 0.25) is 0 Å². The van der Waals surface area contributed by atoms with Gasteiger partial charge in [-0.05, 0) is 37.6 Å². The number of carbonyl (C=O) groups is 1. The summed E-state index contributed by atoms with van der Waals surface area (Å²) >= 11 is 7.55. The highest BCUT2D eigenvalue weighted by Crippen LogP contribution is 2.35. The van der Waals surface area contributed by atoms with E-state index in [-0.39, 0.29) is 12.2 Å². The molecule has 0 saturated carbocycles. The second kappa shape index (κ2) is 9.14. The quantitative estimate of drug-likeness (QED) is 0.538. The Morgan fingerprint density at radius 2 is 1.94 bits per heavy atom. The number of para-hydroxylation sites is 1. The molecule has 1 aliphatic rings. The van der Waals surface area contributed by atoms with Gasteiger partial charge in [0.25, 0.3) is 5.56 Å². The highest BCUT2D eigenvalue weighted by Gasteiger charge is 2.34. The number of hydrogen-bond acceptors (Lipinski definition) is 6. The minimum atomic E-state index is -0.727. The first kappa shape index (κ1) is 22.0. The summed E-state index contributed by atoms with van der Waals surface area (Å²) in [6, 6.07) is 13.9. The third-order valence-electron chi connectivity index (χ3n) is 5.14. The van der Waals surface area contributed by atoms with E-state index in [0.29, 0.717) is 36.9 Å². The van der Waals surface area contributed by atoms with E-state index >= 15 is 0 Å². The minimum absolute atomic E-state index is 0.213. The molecule has 1 atom stereocenters. The third-order valence-corrected chi connectivity index (χ3v) is 6.47. The maximum atomic E-state index is 13.6. The highest BCUT2D eigenvalue weighted by molar-refractivity contribution is 7.07. The number of aromatic nitrogens is 1. The fourth-order valence-corrected chi connectivity index (χ4v) is 4.94. The van der Waals surface area contributed by atoms with Crippen LogP contribution in [0.3, 0.4) is 0 Å². The van der Waals surface area contributed by atoms with Crippen molar-refractivity contribution in [2.75, 3.05) is 13.7 Å². The van der Waals surface area contributed by atoms with Gasteiger partial charge in [-0.15, -0.1) is 0 Å². The van der Waals surface area contributed by atoms with Crippen LogP contribution in [-0.4, -0.2) is 24.3 Å². The van der Waals surface area contributed by atoms with Gasteiger partial charge in [-0.25, -0.2) is 9.79 Å². The Bertz CT molecular complexity index is 1400. The molecule has 32 heavy (non-hydrogen) atoms. The summed E-state index contributed by atoms with van der Waals surface area (Å²) < 4.78 is 12.9. The van der Waals surface area contributed by atoms with Gasteiger partial charge in [-0.1, -0.05) is 59.3 Å². The van der Waals surface area contributed by atoms with E-state index in [1.54, 1.807) is 39.2 Å². The molecule has 0 amide bonds. The molecule has 0 N–H and O–H groups in total. The molecule has 164 valence electrons. The van der Waals surface area contributed by atoms with E-state index < -0.39 is 12.0 Å². The molecular weight excluding hydrogens is 448 g/mol. The zero-order chi connectivity index (χ0) is 22.8. The zero-order valence-corrected chi connectivity index (χ0v) is 19.4. The number of rotatable bonds is 5. The largest absolute Gasteiger partial charge is 0.496 e. The number of thiazole rings is 1. The lowest BCUT2D eigenvalue weighted by Gasteiger charge is -2.25. The van der Waals surface area contributed by atoms with Crippen molar-refractivity contribution in [1.82, 2.24) is 4.57 Å². The summed E-state index contributed by atoms with van der Waals surface area (Å²) in [6.07, 6.45) is 1.74. The molecule has 3 aromatic rings. The topological polar surface area (TPSA) is 69.9 Å². The first-order valence-electron chi connectivity index (χ1n) is 10.0. The molecular formula is C24H21ClN2O4S. The average Bonchev–Trinajstić information content (AvgIpc) is 3.09. The molecule has 0 radical (unpaired) electrons. The molecule has 0 aliphatic carbocycles. The lowest BCUT2D eigenvalue weighted by molar-refractivity contribution is -0.139. The number of methoxy groups -OCH3 is 1. The summed E-state index contributed by atoms with van der Waals surface area (Å²) in [6.45, 7) is 3.70. The van der Waals surface area contributed by atoms with Crippen LogP contribution >= 0.6 is 22.9 Å². The van der Waals surface area contributed by atoms with Crippen molar-refractivity contribution in [3.05, 3.63) is 95.6 Å². The van der Waals surface area contributed by atoms with Crippen LogP contribution in [0, 0.1) is 0 Å². The lowest BCUT2D eigenvalue weighted by Crippen LogP contribution is -2.40. The van der Waals surface area contributed by atoms with Gasteiger partial charge in [0.15, 0.2) is 4.80 Å². The van der Waals surface area contributed by atoms with Crippen LogP contribution in [0.1, 0.15) is 31.0 Å². The Morgan fingerprint density at radius 1 is 1.22 bits per heavy atom. The van der Waals surface area contributed by atoms with Crippen LogP contribution in [0.2, 0.25) is 5.02 Å². The van der Waals surface area contributed by atoms with E-state index in [1.807, 2.05) is 36.4 Å². The number of hydrogen-bond donors (Lipinski definition) is 0. The van der Waals surface area contributed by atoms with Gasteiger partial charge in [0, 0.05) is 10.6 Å². The van der Waals surface area contributed by atoms with Crippen LogP contribution in [0.15, 0.2) is 69.6 Å². The maximum absolute atomic E-state index is 13.6. The van der Waals surface area contributed by atoms with Crippen LogP contribution in [0.25, 0.3) is 6.08 Å². The van der Waals surface area contributed by atoms with Crippen molar-refractivity contribution in [3.63, 3.8) is 0 Å². The van der Waals surface area contributed by atoms with Gasteiger partial charge >= 0.3 is 5.97 Å². The second-order valence-electron chi connectivity index (χ2n) is 7.07. The number of fused-ring (bicyclic) bond motifs is 1. The molecule has 0 fully saturated rings. The first-order valence-corrected chi connectivity index (χ1v) is 11.2. The molecule has 0 saturated heterocycles. The van der Waals surface area contributed by atoms with E-state index in [1.165, 1.54) is 15.9 Å². The summed E-state index contributed by atoms with van der Waals surface area (Å²) in [4.78, 5) is 31.6. The number of carbonyl (C=O) groups excluding carboxylic acids is 1. The number of esters is 1. The molecule has 6 nitrogen and oxygen atoms in total. The first-order chi connectivity index (χ1) is 15.5. The van der Waals surface area contributed by atoms with Crippen LogP contribution in [-0.2, 0) is 9.53 Å². The summed E-state index contributed by atoms with van der Waals surface area (Å²) in [5.74, 6) is 0.0553. The van der Waals surface area contributed by atoms with Crippen molar-refractivity contribution in [3.8, 4) is 5.75 Å². The smallest absolute Gasteiger partial charge is 0.338 e. The van der Waals surface area contributed by atoms with Crippen LogP contribution in [0.5, 0.6) is 5.75 Å². The number of ether oxygens (including phenoxy) is 2. The second-order valence-corrected chi connectivity index (χ2v) is 8.48. The molecule has 4 rings (SSSR count). The van der Waals surface area contributed by atoms with E-state index in [2.05, 4.69) is 4.99 Å². The molecule has 1 aliphatic heterocycles. The Balaban J connectivity index is 2.01. The molecule has 0 bridgehead atoms. The molecule has 0 unspecified atom stereocenters.